The minimum Gasteiger partial charge on any atom is -0.494 e. The van der Waals surface area contributed by atoms with Crippen LogP contribution < -0.4 is 9.64 Å². The molecule has 3 unspecified atom stereocenters. The summed E-state index contributed by atoms with van der Waals surface area (Å²) in [7, 11) is 0. The van der Waals surface area contributed by atoms with E-state index in [2.05, 4.69) is 9.80 Å². The Balaban J connectivity index is 1.36. The van der Waals surface area contributed by atoms with Crippen molar-refractivity contribution in [3.8, 4) is 17.5 Å². The molecule has 0 amide bonds. The largest absolute Gasteiger partial charge is 0.494 e. The number of nitrogens with zero attached hydrogens (tertiary/aromatic N) is 3. The van der Waals surface area contributed by atoms with Crippen LogP contribution in [0.4, 0.5) is 10.1 Å². The summed E-state index contributed by atoms with van der Waals surface area (Å²) in [6.07, 6.45) is -2.80. The predicted molar refractivity (Wildman–Crippen MR) is 124 cm³/mol. The van der Waals surface area contributed by atoms with Crippen molar-refractivity contribution in [1.82, 2.24) is 9.47 Å². The predicted octanol–water partition coefficient (Wildman–Crippen LogP) is 0.829. The van der Waals surface area contributed by atoms with Gasteiger partial charge in [-0.05, 0) is 26.0 Å². The summed E-state index contributed by atoms with van der Waals surface area (Å²) < 4.78 is 21.0. The van der Waals surface area contributed by atoms with E-state index in [0.29, 0.717) is 55.3 Å². The van der Waals surface area contributed by atoms with Gasteiger partial charge in [0.05, 0.1) is 36.6 Å². The molecule has 2 aromatic rings. The maximum Gasteiger partial charge on any atom is 0.197 e. The second-order valence-electron chi connectivity index (χ2n) is 9.48. The molecule has 4 rings (SSSR count). The Hall–Kier alpha value is -2.53. The molecular formula is C24H34FN3O6. The monoisotopic (exact) mass is 479 g/mol. The quantitative estimate of drug-likeness (QED) is 0.396. The number of fused-ring (bicyclic) bond motifs is 1. The second-order valence-corrected chi connectivity index (χ2v) is 9.48. The van der Waals surface area contributed by atoms with Crippen molar-refractivity contribution in [2.24, 2.45) is 0 Å². The Morgan fingerprint density at radius 2 is 1.56 bits per heavy atom. The average Bonchev–Trinajstić information content (AvgIpc) is 3.00. The lowest BCUT2D eigenvalue weighted by atomic mass is 9.90. The number of aliphatic hydroxyl groups is 3. The fourth-order valence-electron chi connectivity index (χ4n) is 4.82. The van der Waals surface area contributed by atoms with Gasteiger partial charge in [-0.25, -0.2) is 4.39 Å². The Bertz CT molecular complexity index is 972. The molecule has 0 bridgehead atoms. The number of aliphatic hydroxyl groups excluding tert-OH is 3. The molecule has 5 N–H and O–H groups in total. The van der Waals surface area contributed by atoms with Crippen molar-refractivity contribution in [3.63, 3.8) is 0 Å². The van der Waals surface area contributed by atoms with Crippen molar-refractivity contribution in [2.45, 2.75) is 57.6 Å². The van der Waals surface area contributed by atoms with E-state index in [4.69, 9.17) is 4.74 Å². The Morgan fingerprint density at radius 3 is 2.12 bits per heavy atom. The van der Waals surface area contributed by atoms with Crippen molar-refractivity contribution in [3.05, 3.63) is 35.1 Å². The molecule has 0 saturated carbocycles. The van der Waals surface area contributed by atoms with E-state index in [1.807, 2.05) is 13.8 Å². The van der Waals surface area contributed by atoms with Gasteiger partial charge < -0.3 is 35.2 Å². The Labute approximate surface area is 198 Å². The SMILES string of the molecule is CC(C)Oc1ccc(F)cc1N1CCN(CC(O)Cn2c(O)c3c(c2O)CC(O)C(O)C3)CC1. The zero-order chi connectivity index (χ0) is 24.6. The maximum atomic E-state index is 13.9. The summed E-state index contributed by atoms with van der Waals surface area (Å²) >= 11 is 0. The van der Waals surface area contributed by atoms with Crippen LogP contribution in [0.15, 0.2) is 18.2 Å². The number of hydrogen-bond donors (Lipinski definition) is 5. The van der Waals surface area contributed by atoms with Gasteiger partial charge in [0.15, 0.2) is 11.8 Å². The van der Waals surface area contributed by atoms with Gasteiger partial charge in [0.1, 0.15) is 11.6 Å². The second kappa shape index (κ2) is 9.99. The van der Waals surface area contributed by atoms with Gasteiger partial charge >= 0.3 is 0 Å². The van der Waals surface area contributed by atoms with Crippen LogP contribution in [0.2, 0.25) is 0 Å². The number of hydrogen-bond acceptors (Lipinski definition) is 8. The first-order valence-corrected chi connectivity index (χ1v) is 11.7. The lowest BCUT2D eigenvalue weighted by Crippen LogP contribution is -2.49. The smallest absolute Gasteiger partial charge is 0.197 e. The van der Waals surface area contributed by atoms with E-state index >= 15 is 0 Å². The first kappa shape index (κ1) is 24.6. The number of halogens is 1. The highest BCUT2D eigenvalue weighted by atomic mass is 19.1. The van der Waals surface area contributed by atoms with E-state index in [9.17, 15) is 29.9 Å². The number of β-amino-alcohol motifs (C(OH)–C–C–N with tert-alkyl or cyclic N) is 1. The summed E-state index contributed by atoms with van der Waals surface area (Å²) in [4.78, 5) is 4.15. The van der Waals surface area contributed by atoms with Gasteiger partial charge in [-0.2, -0.15) is 0 Å². The molecule has 1 aliphatic carbocycles. The first-order valence-electron chi connectivity index (χ1n) is 11.7. The molecule has 0 radical (unpaired) electrons. The van der Waals surface area contributed by atoms with Gasteiger partial charge in [-0.3, -0.25) is 9.47 Å². The molecule has 2 aliphatic rings. The fourth-order valence-corrected chi connectivity index (χ4v) is 4.82. The van der Waals surface area contributed by atoms with Gasteiger partial charge in [0.25, 0.3) is 0 Å². The molecular weight excluding hydrogens is 445 g/mol. The van der Waals surface area contributed by atoms with Crippen LogP contribution in [-0.4, -0.2) is 92.1 Å². The van der Waals surface area contributed by atoms with Gasteiger partial charge in [0.2, 0.25) is 0 Å². The number of piperazine rings is 1. The minimum absolute atomic E-state index is 0.0205. The van der Waals surface area contributed by atoms with Crippen molar-refractivity contribution in [2.75, 3.05) is 37.6 Å². The van der Waals surface area contributed by atoms with E-state index in [1.54, 1.807) is 6.07 Å². The summed E-state index contributed by atoms with van der Waals surface area (Å²) in [6.45, 7) is 6.72. The number of anilines is 1. The van der Waals surface area contributed by atoms with Gasteiger partial charge in [0, 0.05) is 62.8 Å². The third-order valence-electron chi connectivity index (χ3n) is 6.55. The van der Waals surface area contributed by atoms with Crippen LogP contribution in [0.3, 0.4) is 0 Å². The van der Waals surface area contributed by atoms with Crippen molar-refractivity contribution in [1.29, 1.82) is 0 Å². The van der Waals surface area contributed by atoms with E-state index < -0.39 is 18.3 Å². The number of ether oxygens (including phenoxy) is 1. The third kappa shape index (κ3) is 5.10. The highest BCUT2D eigenvalue weighted by molar-refractivity contribution is 5.59. The number of aromatic hydroxyl groups is 2. The van der Waals surface area contributed by atoms with E-state index in [-0.39, 0.29) is 43.1 Å². The fraction of sp³-hybridized carbons (Fsp3) is 0.583. The molecule has 10 heteroatoms. The summed E-state index contributed by atoms with van der Waals surface area (Å²) in [5.74, 6) is -0.0575. The van der Waals surface area contributed by atoms with E-state index in [1.165, 1.54) is 16.7 Å². The number of rotatable bonds is 7. The van der Waals surface area contributed by atoms with Gasteiger partial charge in [-0.1, -0.05) is 0 Å². The highest BCUT2D eigenvalue weighted by Crippen LogP contribution is 2.39. The maximum absolute atomic E-state index is 13.9. The summed E-state index contributed by atoms with van der Waals surface area (Å²) in [5, 5.41) is 51.5. The van der Waals surface area contributed by atoms with Crippen LogP contribution in [0.1, 0.15) is 25.0 Å². The number of aromatic nitrogens is 1. The first-order chi connectivity index (χ1) is 16.1. The Morgan fingerprint density at radius 1 is 0.971 bits per heavy atom. The molecule has 1 aromatic heterocycles. The Kier molecular flexibility index (Phi) is 7.22. The standard InChI is InChI=1S/C24H34FN3O6/c1-14(2)34-22-4-3-15(25)9-19(22)27-7-5-26(6-8-27)12-16(29)13-28-23(32)17-10-20(30)21(31)11-18(17)24(28)33/h3-4,9,14,16,20-21,29-33H,5-8,10-13H2,1-2H3. The minimum atomic E-state index is -1.00. The highest BCUT2D eigenvalue weighted by Gasteiger charge is 2.34. The van der Waals surface area contributed by atoms with Crippen molar-refractivity contribution < 1.29 is 34.7 Å². The molecule has 1 aliphatic heterocycles. The topological polar surface area (TPSA) is 122 Å². The lowest BCUT2D eigenvalue weighted by Gasteiger charge is -2.37. The van der Waals surface area contributed by atoms with Crippen molar-refractivity contribution >= 4 is 5.69 Å². The van der Waals surface area contributed by atoms with Crippen LogP contribution in [0.5, 0.6) is 17.5 Å². The van der Waals surface area contributed by atoms with Crippen LogP contribution >= 0.6 is 0 Å². The molecule has 1 saturated heterocycles. The normalized spacial score (nSPS) is 22.1. The van der Waals surface area contributed by atoms with Gasteiger partial charge in [-0.15, -0.1) is 0 Å². The van der Waals surface area contributed by atoms with Crippen LogP contribution in [0.25, 0.3) is 0 Å². The molecule has 2 heterocycles. The molecule has 9 nitrogen and oxygen atoms in total. The molecule has 188 valence electrons. The summed E-state index contributed by atoms with van der Waals surface area (Å²) in [6, 6.07) is 4.52. The third-order valence-corrected chi connectivity index (χ3v) is 6.55. The van der Waals surface area contributed by atoms with E-state index in [0.717, 1.165) is 0 Å². The average molecular weight is 480 g/mol. The van der Waals surface area contributed by atoms with Crippen LogP contribution in [-0.2, 0) is 19.4 Å². The summed E-state index contributed by atoms with van der Waals surface area (Å²) in [5.41, 5.74) is 1.53. The molecule has 34 heavy (non-hydrogen) atoms. The number of benzene rings is 1. The molecule has 3 atom stereocenters. The zero-order valence-electron chi connectivity index (χ0n) is 19.6. The molecule has 0 spiro atoms. The molecule has 1 fully saturated rings. The molecule has 1 aromatic carbocycles. The lowest BCUT2D eigenvalue weighted by molar-refractivity contribution is 0.0136. The van der Waals surface area contributed by atoms with Crippen LogP contribution in [0, 0.1) is 5.82 Å². The zero-order valence-corrected chi connectivity index (χ0v) is 19.6.